The lowest BCUT2D eigenvalue weighted by molar-refractivity contribution is -0.118. The van der Waals surface area contributed by atoms with Gasteiger partial charge < -0.3 is 0 Å². The van der Waals surface area contributed by atoms with Gasteiger partial charge in [-0.25, -0.2) is 9.38 Å². The van der Waals surface area contributed by atoms with Crippen LogP contribution in [0.1, 0.15) is 43.9 Å². The Morgan fingerprint density at radius 2 is 1.91 bits per heavy atom. The molecule has 5 rings (SSSR count). The summed E-state index contributed by atoms with van der Waals surface area (Å²) in [5.41, 5.74) is 2.28. The van der Waals surface area contributed by atoms with Gasteiger partial charge in [0.25, 0.3) is 5.56 Å². The number of benzene rings is 2. The fourth-order valence-corrected chi connectivity index (χ4v) is 5.60. The van der Waals surface area contributed by atoms with Crippen molar-refractivity contribution >= 4 is 34.8 Å². The summed E-state index contributed by atoms with van der Waals surface area (Å²) in [6.07, 6.45) is 2.73. The molecule has 1 atom stereocenters. The van der Waals surface area contributed by atoms with E-state index in [0.29, 0.717) is 38.3 Å². The van der Waals surface area contributed by atoms with Crippen molar-refractivity contribution in [2.75, 3.05) is 0 Å². The van der Waals surface area contributed by atoms with Crippen molar-refractivity contribution in [3.8, 4) is 0 Å². The molecule has 1 aliphatic carbocycles. The van der Waals surface area contributed by atoms with Gasteiger partial charge in [0.2, 0.25) is 0 Å². The molecule has 1 aliphatic heterocycles. The molecule has 1 aromatic heterocycles. The average molecular weight is 467 g/mol. The lowest BCUT2D eigenvalue weighted by atomic mass is 9.73. The maximum Gasteiger partial charge on any atom is 0.271 e. The average Bonchev–Trinajstić information content (AvgIpc) is 3.01. The SMILES string of the molecule is CC1(C)CC(=O)C2=C(C1)N=c1sc(=Cc3cccc(F)c3)c(=O)n1C2c1ccc(Cl)cc1. The van der Waals surface area contributed by atoms with E-state index in [0.717, 1.165) is 11.3 Å². The first-order chi connectivity index (χ1) is 15.2. The molecule has 0 spiro atoms. The third kappa shape index (κ3) is 3.67. The van der Waals surface area contributed by atoms with Gasteiger partial charge >= 0.3 is 0 Å². The molecule has 2 heterocycles. The van der Waals surface area contributed by atoms with E-state index in [2.05, 4.69) is 13.8 Å². The minimum absolute atomic E-state index is 0.0133. The standard InChI is InChI=1S/C25H20ClFN2O2S/c1-25(2)12-18-21(19(30)13-25)22(15-6-8-16(26)9-7-15)29-23(31)20(32-24(29)28-18)11-14-4-3-5-17(27)10-14/h3-11,22H,12-13H2,1-2H3. The highest BCUT2D eigenvalue weighted by Gasteiger charge is 2.40. The van der Waals surface area contributed by atoms with Crippen LogP contribution in [0.5, 0.6) is 0 Å². The summed E-state index contributed by atoms with van der Waals surface area (Å²) in [5, 5.41) is 0.581. The summed E-state index contributed by atoms with van der Waals surface area (Å²) in [4.78, 5) is 32.0. The number of ketones is 1. The number of thiazole rings is 1. The number of nitrogens with zero attached hydrogens (tertiary/aromatic N) is 2. The van der Waals surface area contributed by atoms with Gasteiger partial charge in [0.1, 0.15) is 5.82 Å². The zero-order chi connectivity index (χ0) is 22.6. The van der Waals surface area contributed by atoms with Crippen LogP contribution >= 0.6 is 22.9 Å². The van der Waals surface area contributed by atoms with E-state index < -0.39 is 6.04 Å². The molecule has 4 nitrogen and oxygen atoms in total. The number of carbonyl (C=O) groups excluding carboxylic acids is 1. The van der Waals surface area contributed by atoms with Crippen molar-refractivity contribution in [3.63, 3.8) is 0 Å². The highest BCUT2D eigenvalue weighted by Crippen LogP contribution is 2.43. The Balaban J connectivity index is 1.77. The largest absolute Gasteiger partial charge is 0.294 e. The van der Waals surface area contributed by atoms with Crippen molar-refractivity contribution in [1.82, 2.24) is 4.57 Å². The Morgan fingerprint density at radius 1 is 1.16 bits per heavy atom. The molecule has 0 amide bonds. The van der Waals surface area contributed by atoms with Crippen LogP contribution in [0.15, 0.2) is 69.6 Å². The van der Waals surface area contributed by atoms with Gasteiger partial charge in [-0.15, -0.1) is 0 Å². The molecule has 0 fully saturated rings. The van der Waals surface area contributed by atoms with Gasteiger partial charge in [0, 0.05) is 17.0 Å². The minimum atomic E-state index is -0.559. The van der Waals surface area contributed by atoms with E-state index >= 15 is 0 Å². The molecule has 162 valence electrons. The molecule has 1 unspecified atom stereocenters. The van der Waals surface area contributed by atoms with Crippen LogP contribution in [-0.2, 0) is 4.79 Å². The summed E-state index contributed by atoms with van der Waals surface area (Å²) >= 11 is 7.35. The second-order valence-corrected chi connectivity index (χ2v) is 10.4. The molecule has 0 bridgehead atoms. The maximum absolute atomic E-state index is 13.7. The second kappa shape index (κ2) is 7.64. The predicted octanol–water partition coefficient (Wildman–Crippen LogP) is 4.40. The lowest BCUT2D eigenvalue weighted by Gasteiger charge is -2.35. The van der Waals surface area contributed by atoms with Gasteiger partial charge in [-0.3, -0.25) is 14.2 Å². The van der Waals surface area contributed by atoms with Crippen LogP contribution in [-0.4, -0.2) is 10.4 Å². The van der Waals surface area contributed by atoms with Gasteiger partial charge in [0.15, 0.2) is 10.6 Å². The van der Waals surface area contributed by atoms with Crippen LogP contribution in [0.3, 0.4) is 0 Å². The maximum atomic E-state index is 13.7. The topological polar surface area (TPSA) is 51.4 Å². The lowest BCUT2D eigenvalue weighted by Crippen LogP contribution is -2.42. The molecule has 2 aliphatic rings. The number of hydrogen-bond donors (Lipinski definition) is 0. The molecular formula is C25H20ClFN2O2S. The van der Waals surface area contributed by atoms with Crippen LogP contribution in [0, 0.1) is 11.2 Å². The smallest absolute Gasteiger partial charge is 0.271 e. The minimum Gasteiger partial charge on any atom is -0.294 e. The van der Waals surface area contributed by atoms with Gasteiger partial charge in [-0.2, -0.15) is 0 Å². The Kier molecular flexibility index (Phi) is 5.02. The monoisotopic (exact) mass is 466 g/mol. The van der Waals surface area contributed by atoms with Crippen molar-refractivity contribution in [2.45, 2.75) is 32.7 Å². The summed E-state index contributed by atoms with van der Waals surface area (Å²) in [6, 6.07) is 12.8. The molecule has 0 saturated heterocycles. The van der Waals surface area contributed by atoms with E-state index in [1.54, 1.807) is 34.9 Å². The number of rotatable bonds is 2. The van der Waals surface area contributed by atoms with Crippen molar-refractivity contribution in [2.24, 2.45) is 10.4 Å². The van der Waals surface area contributed by atoms with Gasteiger partial charge in [-0.1, -0.05) is 61.1 Å². The number of allylic oxidation sites excluding steroid dienone is 2. The third-order valence-electron chi connectivity index (χ3n) is 5.83. The fraction of sp³-hybridized carbons (Fsp3) is 0.240. The second-order valence-electron chi connectivity index (χ2n) is 8.99. The van der Waals surface area contributed by atoms with Crippen molar-refractivity contribution < 1.29 is 9.18 Å². The van der Waals surface area contributed by atoms with Crippen LogP contribution in [0.4, 0.5) is 4.39 Å². The quantitative estimate of drug-likeness (QED) is 0.562. The predicted molar refractivity (Wildman–Crippen MR) is 124 cm³/mol. The van der Waals surface area contributed by atoms with E-state index in [-0.39, 0.29) is 22.6 Å². The van der Waals surface area contributed by atoms with Crippen LogP contribution in [0.2, 0.25) is 5.02 Å². The molecule has 0 radical (unpaired) electrons. The zero-order valence-corrected chi connectivity index (χ0v) is 19.1. The van der Waals surface area contributed by atoms with E-state index in [9.17, 15) is 14.0 Å². The number of aromatic nitrogens is 1. The van der Waals surface area contributed by atoms with Crippen molar-refractivity contribution in [3.05, 3.63) is 101 Å². The Labute approximate surface area is 193 Å². The zero-order valence-electron chi connectivity index (χ0n) is 17.6. The molecule has 3 aromatic rings. The first kappa shape index (κ1) is 21.0. The number of halogens is 2. The molecule has 7 heteroatoms. The Bertz CT molecular complexity index is 1460. The Morgan fingerprint density at radius 3 is 2.62 bits per heavy atom. The molecule has 0 saturated carbocycles. The molecular weight excluding hydrogens is 447 g/mol. The highest BCUT2D eigenvalue weighted by molar-refractivity contribution is 7.07. The Hall–Kier alpha value is -2.83. The molecule has 0 N–H and O–H groups in total. The number of Topliss-reactive ketones (excluding diaryl/α,β-unsaturated/α-hetero) is 1. The summed E-state index contributed by atoms with van der Waals surface area (Å²) < 4.78 is 15.7. The number of fused-ring (bicyclic) bond motifs is 1. The summed E-state index contributed by atoms with van der Waals surface area (Å²) in [7, 11) is 0. The fourth-order valence-electron chi connectivity index (χ4n) is 4.46. The van der Waals surface area contributed by atoms with Crippen LogP contribution < -0.4 is 14.9 Å². The molecule has 2 aromatic carbocycles. The third-order valence-corrected chi connectivity index (χ3v) is 7.06. The van der Waals surface area contributed by atoms with Gasteiger partial charge in [0.05, 0.1) is 16.3 Å². The first-order valence-electron chi connectivity index (χ1n) is 10.3. The summed E-state index contributed by atoms with van der Waals surface area (Å²) in [6.45, 7) is 4.11. The van der Waals surface area contributed by atoms with Crippen LogP contribution in [0.25, 0.3) is 6.08 Å². The van der Waals surface area contributed by atoms with E-state index in [1.807, 2.05) is 12.1 Å². The number of hydrogen-bond acceptors (Lipinski definition) is 4. The molecule has 32 heavy (non-hydrogen) atoms. The van der Waals surface area contributed by atoms with E-state index in [1.165, 1.54) is 23.5 Å². The van der Waals surface area contributed by atoms with E-state index in [4.69, 9.17) is 16.6 Å². The normalized spacial score (nSPS) is 20.1. The highest BCUT2D eigenvalue weighted by atomic mass is 35.5. The van der Waals surface area contributed by atoms with Gasteiger partial charge in [-0.05, 0) is 53.3 Å². The summed E-state index contributed by atoms with van der Waals surface area (Å²) in [5.74, 6) is -0.354. The first-order valence-corrected chi connectivity index (χ1v) is 11.5. The van der Waals surface area contributed by atoms with Crippen molar-refractivity contribution in [1.29, 1.82) is 0 Å². The number of carbonyl (C=O) groups is 1.